The molecule has 1 aliphatic heterocycles. The van der Waals surface area contributed by atoms with Gasteiger partial charge in [-0.1, -0.05) is 0 Å². The molecule has 1 aliphatic rings. The fourth-order valence-corrected chi connectivity index (χ4v) is 2.26. The van der Waals surface area contributed by atoms with E-state index < -0.39 is 10.7 Å². The van der Waals surface area contributed by atoms with E-state index in [1.54, 1.807) is 0 Å². The number of anilines is 1. The average molecular weight is 283 g/mol. The zero-order valence-electron chi connectivity index (χ0n) is 11.3. The molecule has 2 rings (SSSR count). The Bertz CT molecular complexity index is 478. The number of morpholine rings is 1. The van der Waals surface area contributed by atoms with Gasteiger partial charge < -0.3 is 10.1 Å². The molecular weight excluding hydrogens is 265 g/mol. The van der Waals surface area contributed by atoms with E-state index in [1.165, 1.54) is 12.1 Å². The standard InChI is InChI=1S/C13H18FN3O3/c1-10(9-16-2-4-20-5-3-16)15-12-6-11(14)7-13(8-12)17(18)19/h6-8,10,15H,2-5,9H2,1H3. The molecule has 0 saturated carbocycles. The minimum atomic E-state index is -0.611. The van der Waals surface area contributed by atoms with Gasteiger partial charge in [0.1, 0.15) is 5.82 Å². The van der Waals surface area contributed by atoms with Crippen LogP contribution in [0.25, 0.3) is 0 Å². The summed E-state index contributed by atoms with van der Waals surface area (Å²) in [4.78, 5) is 12.3. The first-order valence-electron chi connectivity index (χ1n) is 6.56. The van der Waals surface area contributed by atoms with Gasteiger partial charge in [0, 0.05) is 37.4 Å². The molecule has 1 aromatic rings. The minimum absolute atomic E-state index is 0.0644. The molecule has 0 bridgehead atoms. The van der Waals surface area contributed by atoms with Crippen LogP contribution in [0.5, 0.6) is 0 Å². The van der Waals surface area contributed by atoms with Crippen molar-refractivity contribution in [2.24, 2.45) is 0 Å². The van der Waals surface area contributed by atoms with Crippen molar-refractivity contribution in [3.05, 3.63) is 34.1 Å². The van der Waals surface area contributed by atoms with Crippen LogP contribution in [0, 0.1) is 15.9 Å². The first kappa shape index (κ1) is 14.7. The van der Waals surface area contributed by atoms with Gasteiger partial charge in [0.05, 0.1) is 24.2 Å². The van der Waals surface area contributed by atoms with Crippen LogP contribution in [0.1, 0.15) is 6.92 Å². The second-order valence-electron chi connectivity index (χ2n) is 4.91. The highest BCUT2D eigenvalue weighted by Crippen LogP contribution is 2.20. The Morgan fingerprint density at radius 2 is 2.15 bits per heavy atom. The molecule has 110 valence electrons. The van der Waals surface area contributed by atoms with E-state index in [0.717, 1.165) is 38.9 Å². The Labute approximate surface area is 116 Å². The first-order chi connectivity index (χ1) is 9.54. The van der Waals surface area contributed by atoms with Gasteiger partial charge in [-0.05, 0) is 13.0 Å². The van der Waals surface area contributed by atoms with Gasteiger partial charge in [0.15, 0.2) is 0 Å². The highest BCUT2D eigenvalue weighted by atomic mass is 19.1. The maximum atomic E-state index is 13.3. The predicted molar refractivity (Wildman–Crippen MR) is 73.4 cm³/mol. The van der Waals surface area contributed by atoms with Crippen molar-refractivity contribution in [1.82, 2.24) is 4.90 Å². The number of ether oxygens (including phenoxy) is 1. The van der Waals surface area contributed by atoms with Crippen LogP contribution in [0.4, 0.5) is 15.8 Å². The zero-order chi connectivity index (χ0) is 14.5. The third-order valence-corrected chi connectivity index (χ3v) is 3.14. The Kier molecular flexibility index (Phi) is 4.86. The topological polar surface area (TPSA) is 67.6 Å². The molecule has 0 radical (unpaired) electrons. The van der Waals surface area contributed by atoms with Gasteiger partial charge in [-0.25, -0.2) is 4.39 Å². The first-order valence-corrected chi connectivity index (χ1v) is 6.56. The van der Waals surface area contributed by atoms with Gasteiger partial charge in [-0.3, -0.25) is 15.0 Å². The van der Waals surface area contributed by atoms with Crippen LogP contribution >= 0.6 is 0 Å². The zero-order valence-corrected chi connectivity index (χ0v) is 11.3. The summed E-state index contributed by atoms with van der Waals surface area (Å²) in [7, 11) is 0. The largest absolute Gasteiger partial charge is 0.381 e. The highest BCUT2D eigenvalue weighted by Gasteiger charge is 2.15. The summed E-state index contributed by atoms with van der Waals surface area (Å²) in [6, 6.07) is 3.59. The third kappa shape index (κ3) is 4.14. The SMILES string of the molecule is CC(CN1CCOCC1)Nc1cc(F)cc([N+](=O)[O-])c1. The van der Waals surface area contributed by atoms with E-state index in [4.69, 9.17) is 4.74 Å². The summed E-state index contributed by atoms with van der Waals surface area (Å²) in [6.45, 7) is 5.93. The molecule has 0 spiro atoms. The molecule has 0 aromatic heterocycles. The van der Waals surface area contributed by atoms with E-state index in [0.29, 0.717) is 5.69 Å². The molecule has 1 atom stereocenters. The van der Waals surface area contributed by atoms with E-state index in [2.05, 4.69) is 10.2 Å². The average Bonchev–Trinajstić information content (AvgIpc) is 2.38. The van der Waals surface area contributed by atoms with Crippen LogP contribution < -0.4 is 5.32 Å². The van der Waals surface area contributed by atoms with Gasteiger partial charge in [-0.15, -0.1) is 0 Å². The number of hydrogen-bond acceptors (Lipinski definition) is 5. The summed E-state index contributed by atoms with van der Waals surface area (Å²) < 4.78 is 18.6. The molecule has 1 heterocycles. The smallest absolute Gasteiger partial charge is 0.274 e. The number of benzene rings is 1. The third-order valence-electron chi connectivity index (χ3n) is 3.14. The predicted octanol–water partition coefficient (Wildman–Crippen LogP) is 1.87. The van der Waals surface area contributed by atoms with Crippen molar-refractivity contribution in [2.45, 2.75) is 13.0 Å². The number of nitrogens with zero attached hydrogens (tertiary/aromatic N) is 2. The monoisotopic (exact) mass is 283 g/mol. The summed E-state index contributed by atoms with van der Waals surface area (Å²) in [5.41, 5.74) is 0.184. The molecular formula is C13H18FN3O3. The Morgan fingerprint density at radius 1 is 1.45 bits per heavy atom. The second-order valence-corrected chi connectivity index (χ2v) is 4.91. The quantitative estimate of drug-likeness (QED) is 0.660. The van der Waals surface area contributed by atoms with Crippen LogP contribution in [0.2, 0.25) is 0 Å². The Balaban J connectivity index is 1.96. The summed E-state index contributed by atoms with van der Waals surface area (Å²) >= 11 is 0. The van der Waals surface area contributed by atoms with Crippen molar-refractivity contribution < 1.29 is 14.1 Å². The molecule has 20 heavy (non-hydrogen) atoms. The van der Waals surface area contributed by atoms with Gasteiger partial charge in [0.2, 0.25) is 0 Å². The van der Waals surface area contributed by atoms with E-state index in [9.17, 15) is 14.5 Å². The normalized spacial score (nSPS) is 17.7. The lowest BCUT2D eigenvalue weighted by Crippen LogP contribution is -2.42. The lowest BCUT2D eigenvalue weighted by Gasteiger charge is -2.29. The fourth-order valence-electron chi connectivity index (χ4n) is 2.26. The lowest BCUT2D eigenvalue weighted by molar-refractivity contribution is -0.385. The van der Waals surface area contributed by atoms with E-state index in [1.807, 2.05) is 6.92 Å². The van der Waals surface area contributed by atoms with Crippen molar-refractivity contribution in [2.75, 3.05) is 38.2 Å². The number of nitro groups is 1. The van der Waals surface area contributed by atoms with Gasteiger partial charge in [0.25, 0.3) is 5.69 Å². The highest BCUT2D eigenvalue weighted by molar-refractivity contribution is 5.52. The lowest BCUT2D eigenvalue weighted by atomic mass is 10.2. The van der Waals surface area contributed by atoms with Crippen molar-refractivity contribution in [1.29, 1.82) is 0 Å². The molecule has 0 amide bonds. The van der Waals surface area contributed by atoms with Crippen molar-refractivity contribution in [3.8, 4) is 0 Å². The maximum Gasteiger partial charge on any atom is 0.274 e. The Morgan fingerprint density at radius 3 is 2.80 bits per heavy atom. The summed E-state index contributed by atoms with van der Waals surface area (Å²) in [5.74, 6) is -0.611. The molecule has 1 N–H and O–H groups in total. The van der Waals surface area contributed by atoms with Crippen LogP contribution in [-0.2, 0) is 4.74 Å². The number of nitro benzene ring substituents is 1. The number of hydrogen-bond donors (Lipinski definition) is 1. The molecule has 1 saturated heterocycles. The van der Waals surface area contributed by atoms with Crippen molar-refractivity contribution >= 4 is 11.4 Å². The number of non-ortho nitro benzene ring substituents is 1. The molecule has 1 unspecified atom stereocenters. The fraction of sp³-hybridized carbons (Fsp3) is 0.538. The molecule has 1 fully saturated rings. The van der Waals surface area contributed by atoms with Crippen molar-refractivity contribution in [3.63, 3.8) is 0 Å². The van der Waals surface area contributed by atoms with E-state index in [-0.39, 0.29) is 11.7 Å². The number of halogens is 1. The molecule has 7 heteroatoms. The summed E-state index contributed by atoms with van der Waals surface area (Å²) in [5, 5.41) is 13.8. The van der Waals surface area contributed by atoms with Crippen LogP contribution in [0.15, 0.2) is 18.2 Å². The number of rotatable bonds is 5. The second kappa shape index (κ2) is 6.62. The molecule has 1 aromatic carbocycles. The van der Waals surface area contributed by atoms with Gasteiger partial charge >= 0.3 is 0 Å². The Hall–Kier alpha value is -1.73. The van der Waals surface area contributed by atoms with Crippen LogP contribution in [0.3, 0.4) is 0 Å². The molecule has 0 aliphatic carbocycles. The summed E-state index contributed by atoms with van der Waals surface area (Å²) in [6.07, 6.45) is 0. The molecule has 6 nitrogen and oxygen atoms in total. The minimum Gasteiger partial charge on any atom is -0.381 e. The van der Waals surface area contributed by atoms with Gasteiger partial charge in [-0.2, -0.15) is 0 Å². The van der Waals surface area contributed by atoms with Crippen LogP contribution in [-0.4, -0.2) is 48.7 Å². The number of nitrogens with one attached hydrogen (secondary N) is 1. The van der Waals surface area contributed by atoms with E-state index >= 15 is 0 Å². The maximum absolute atomic E-state index is 13.3.